The highest BCUT2D eigenvalue weighted by molar-refractivity contribution is 5.94. The third-order valence-corrected chi connectivity index (χ3v) is 2.48. The van der Waals surface area contributed by atoms with Crippen molar-refractivity contribution in [2.24, 2.45) is 0 Å². The second kappa shape index (κ2) is 6.25. The molecular formula is C13H13BrN2O. The van der Waals surface area contributed by atoms with Crippen molar-refractivity contribution >= 4 is 5.78 Å². The van der Waals surface area contributed by atoms with Gasteiger partial charge in [0.15, 0.2) is 11.9 Å². The van der Waals surface area contributed by atoms with Crippen molar-refractivity contribution in [1.82, 2.24) is 4.98 Å². The standard InChI is InChI=1S/C13H13N2O.BrH/c1-11-4-2-3-9-15(11)10-13(16)12-5-7-14-8-6-12;/h2-9H,10H2,1H3;1H/q+1;/p-1. The Morgan fingerprint density at radius 2 is 1.94 bits per heavy atom. The zero-order valence-corrected chi connectivity index (χ0v) is 11.1. The number of hydrogen-bond acceptors (Lipinski definition) is 2. The number of hydrogen-bond donors (Lipinski definition) is 0. The Labute approximate surface area is 111 Å². The normalized spacial score (nSPS) is 9.47. The number of carbonyl (C=O) groups is 1. The molecule has 0 fully saturated rings. The lowest BCUT2D eigenvalue weighted by molar-refractivity contribution is -0.689. The first-order valence-electron chi connectivity index (χ1n) is 5.15. The smallest absolute Gasteiger partial charge is 0.227 e. The molecule has 0 aliphatic carbocycles. The van der Waals surface area contributed by atoms with Crippen LogP contribution in [0, 0.1) is 6.92 Å². The second-order valence-corrected chi connectivity index (χ2v) is 3.63. The average Bonchev–Trinajstić information content (AvgIpc) is 2.33. The predicted molar refractivity (Wildman–Crippen MR) is 59.9 cm³/mol. The van der Waals surface area contributed by atoms with Gasteiger partial charge in [-0.15, -0.1) is 0 Å². The Hall–Kier alpha value is -1.55. The molecule has 0 aliphatic rings. The molecule has 4 heteroatoms. The molecular weight excluding hydrogens is 280 g/mol. The number of aryl methyl sites for hydroxylation is 1. The lowest BCUT2D eigenvalue weighted by Gasteiger charge is -1.99. The van der Waals surface area contributed by atoms with E-state index in [1.54, 1.807) is 24.5 Å². The molecule has 2 heterocycles. The Morgan fingerprint density at radius 1 is 1.24 bits per heavy atom. The Kier molecular flexibility index (Phi) is 4.97. The van der Waals surface area contributed by atoms with E-state index < -0.39 is 0 Å². The molecule has 0 N–H and O–H groups in total. The summed E-state index contributed by atoms with van der Waals surface area (Å²) in [6.07, 6.45) is 5.18. The van der Waals surface area contributed by atoms with Crippen LogP contribution in [0.1, 0.15) is 16.1 Å². The third-order valence-electron chi connectivity index (χ3n) is 2.48. The zero-order chi connectivity index (χ0) is 11.4. The van der Waals surface area contributed by atoms with Crippen molar-refractivity contribution in [2.45, 2.75) is 13.5 Å². The van der Waals surface area contributed by atoms with Gasteiger partial charge in [0.1, 0.15) is 0 Å². The second-order valence-electron chi connectivity index (χ2n) is 3.63. The van der Waals surface area contributed by atoms with Crippen molar-refractivity contribution in [1.29, 1.82) is 0 Å². The Bertz CT molecular complexity index is 500. The van der Waals surface area contributed by atoms with Crippen LogP contribution in [-0.2, 0) is 6.54 Å². The van der Waals surface area contributed by atoms with Crippen molar-refractivity contribution in [2.75, 3.05) is 0 Å². The van der Waals surface area contributed by atoms with Crippen LogP contribution in [0.15, 0.2) is 48.9 Å². The zero-order valence-electron chi connectivity index (χ0n) is 9.51. The van der Waals surface area contributed by atoms with Gasteiger partial charge in [-0.3, -0.25) is 9.78 Å². The molecule has 0 bridgehead atoms. The van der Waals surface area contributed by atoms with Gasteiger partial charge in [-0.1, -0.05) is 6.07 Å². The lowest BCUT2D eigenvalue weighted by atomic mass is 10.2. The Morgan fingerprint density at radius 3 is 2.59 bits per heavy atom. The van der Waals surface area contributed by atoms with E-state index in [1.165, 1.54) is 0 Å². The van der Waals surface area contributed by atoms with E-state index in [2.05, 4.69) is 4.98 Å². The number of aromatic nitrogens is 2. The predicted octanol–water partition coefficient (Wildman–Crippen LogP) is -1.44. The summed E-state index contributed by atoms with van der Waals surface area (Å²) in [5.41, 5.74) is 1.77. The minimum Gasteiger partial charge on any atom is -1.00 e. The molecule has 88 valence electrons. The van der Waals surface area contributed by atoms with Gasteiger partial charge in [-0.25, -0.2) is 0 Å². The summed E-state index contributed by atoms with van der Waals surface area (Å²) in [6, 6.07) is 9.34. The van der Waals surface area contributed by atoms with E-state index in [1.807, 2.05) is 35.9 Å². The monoisotopic (exact) mass is 292 g/mol. The van der Waals surface area contributed by atoms with Crippen LogP contribution in [0.2, 0.25) is 0 Å². The van der Waals surface area contributed by atoms with Gasteiger partial charge < -0.3 is 17.0 Å². The molecule has 0 saturated heterocycles. The maximum absolute atomic E-state index is 11.9. The molecule has 3 nitrogen and oxygen atoms in total. The fourth-order valence-corrected chi connectivity index (χ4v) is 1.52. The van der Waals surface area contributed by atoms with E-state index in [0.717, 1.165) is 5.69 Å². The first kappa shape index (κ1) is 13.5. The summed E-state index contributed by atoms with van der Waals surface area (Å²) in [7, 11) is 0. The van der Waals surface area contributed by atoms with Crippen LogP contribution in [-0.4, -0.2) is 10.8 Å². The summed E-state index contributed by atoms with van der Waals surface area (Å²) in [4.78, 5) is 15.8. The highest BCUT2D eigenvalue weighted by atomic mass is 79.9. The molecule has 2 aromatic heterocycles. The maximum Gasteiger partial charge on any atom is 0.227 e. The van der Waals surface area contributed by atoms with Crippen LogP contribution in [0.3, 0.4) is 0 Å². The molecule has 2 rings (SSSR count). The summed E-state index contributed by atoms with van der Waals surface area (Å²) in [5.74, 6) is 0.0988. The van der Waals surface area contributed by atoms with E-state index in [9.17, 15) is 4.79 Å². The van der Waals surface area contributed by atoms with Gasteiger partial charge in [0, 0.05) is 37.0 Å². The molecule has 0 amide bonds. The van der Waals surface area contributed by atoms with Crippen molar-refractivity contribution in [3.05, 3.63) is 60.2 Å². The van der Waals surface area contributed by atoms with Gasteiger partial charge >= 0.3 is 0 Å². The van der Waals surface area contributed by atoms with Crippen LogP contribution in [0.5, 0.6) is 0 Å². The summed E-state index contributed by atoms with van der Waals surface area (Å²) in [6.45, 7) is 2.36. The first-order valence-corrected chi connectivity index (χ1v) is 5.15. The van der Waals surface area contributed by atoms with Crippen LogP contribution in [0.4, 0.5) is 0 Å². The van der Waals surface area contributed by atoms with E-state index >= 15 is 0 Å². The molecule has 0 aliphatic heterocycles. The van der Waals surface area contributed by atoms with Crippen molar-refractivity contribution < 1.29 is 26.3 Å². The van der Waals surface area contributed by atoms with E-state index in [4.69, 9.17) is 0 Å². The van der Waals surface area contributed by atoms with Gasteiger partial charge in [-0.05, 0) is 12.1 Å². The number of pyridine rings is 2. The van der Waals surface area contributed by atoms with Gasteiger partial charge in [0.05, 0.1) is 0 Å². The van der Waals surface area contributed by atoms with Crippen LogP contribution in [0.25, 0.3) is 0 Å². The lowest BCUT2D eigenvalue weighted by Crippen LogP contribution is -3.00. The number of ketones is 1. The van der Waals surface area contributed by atoms with Crippen LogP contribution < -0.4 is 21.5 Å². The fraction of sp³-hybridized carbons (Fsp3) is 0.154. The number of nitrogens with zero attached hydrogens (tertiary/aromatic N) is 2. The van der Waals surface area contributed by atoms with E-state index in [-0.39, 0.29) is 22.8 Å². The van der Waals surface area contributed by atoms with Gasteiger partial charge in [-0.2, -0.15) is 4.57 Å². The molecule has 0 aromatic carbocycles. The quantitative estimate of drug-likeness (QED) is 0.513. The highest BCUT2D eigenvalue weighted by Gasteiger charge is 2.13. The molecule has 0 atom stereocenters. The minimum atomic E-state index is 0. The maximum atomic E-state index is 11.9. The van der Waals surface area contributed by atoms with Gasteiger partial charge in [0.2, 0.25) is 12.3 Å². The van der Waals surface area contributed by atoms with E-state index in [0.29, 0.717) is 12.1 Å². The highest BCUT2D eigenvalue weighted by Crippen LogP contribution is 1.98. The molecule has 0 spiro atoms. The van der Waals surface area contributed by atoms with Crippen LogP contribution >= 0.6 is 0 Å². The number of rotatable bonds is 3. The minimum absolute atomic E-state index is 0. The first-order chi connectivity index (χ1) is 7.77. The third kappa shape index (κ3) is 3.46. The summed E-state index contributed by atoms with van der Waals surface area (Å²) < 4.78 is 1.93. The average molecular weight is 293 g/mol. The SMILES string of the molecule is Cc1cccc[n+]1CC(=O)c1ccncc1.[Br-]. The molecule has 17 heavy (non-hydrogen) atoms. The number of carbonyl (C=O) groups excluding carboxylic acids is 1. The Balaban J connectivity index is 0.00000144. The molecule has 0 saturated carbocycles. The van der Waals surface area contributed by atoms with Crippen molar-refractivity contribution in [3.63, 3.8) is 0 Å². The molecule has 0 radical (unpaired) electrons. The van der Waals surface area contributed by atoms with Crippen molar-refractivity contribution in [3.8, 4) is 0 Å². The number of halogens is 1. The summed E-state index contributed by atoms with van der Waals surface area (Å²) in [5, 5.41) is 0. The topological polar surface area (TPSA) is 33.8 Å². The molecule has 0 unspecified atom stereocenters. The van der Waals surface area contributed by atoms with Gasteiger partial charge in [0.25, 0.3) is 0 Å². The summed E-state index contributed by atoms with van der Waals surface area (Å²) >= 11 is 0. The fourth-order valence-electron chi connectivity index (χ4n) is 1.52. The molecule has 2 aromatic rings. The largest absolute Gasteiger partial charge is 1.00 e. The number of Topliss-reactive ketones (excluding diaryl/α,β-unsaturated/α-hetero) is 1.